The molecule has 80 valence electrons. The minimum atomic E-state index is 0.514. The van der Waals surface area contributed by atoms with Crippen molar-refractivity contribution in [3.8, 4) is 0 Å². The molecule has 3 heteroatoms. The summed E-state index contributed by atoms with van der Waals surface area (Å²) in [6.45, 7) is 2.22. The van der Waals surface area contributed by atoms with Crippen LogP contribution in [0.4, 0.5) is 17.1 Å². The van der Waals surface area contributed by atoms with E-state index in [1.54, 1.807) is 0 Å². The summed E-state index contributed by atoms with van der Waals surface area (Å²) in [5.41, 5.74) is 9.77. The summed E-state index contributed by atoms with van der Waals surface area (Å²) in [5.74, 6) is 0. The Bertz CT molecular complexity index is 396. The average Bonchev–Trinajstić information content (AvgIpc) is 2.96. The zero-order chi connectivity index (χ0) is 10.5. The van der Waals surface area contributed by atoms with Crippen molar-refractivity contribution in [3.05, 3.63) is 18.2 Å². The molecular formula is C12H17N3. The molecular weight excluding hydrogens is 186 g/mol. The van der Waals surface area contributed by atoms with Crippen molar-refractivity contribution in [3.63, 3.8) is 0 Å². The van der Waals surface area contributed by atoms with Crippen molar-refractivity contribution in [2.45, 2.75) is 12.8 Å². The summed E-state index contributed by atoms with van der Waals surface area (Å²) in [6.07, 6.45) is 2.69. The van der Waals surface area contributed by atoms with Crippen LogP contribution in [0.5, 0.6) is 0 Å². The number of hydrogen-bond donors (Lipinski definition) is 2. The second-order valence-electron chi connectivity index (χ2n) is 4.95. The molecule has 0 unspecified atom stereocenters. The number of hydrogen-bond acceptors (Lipinski definition) is 3. The maximum absolute atomic E-state index is 6.03. The van der Waals surface area contributed by atoms with E-state index in [9.17, 15) is 0 Å². The highest BCUT2D eigenvalue weighted by atomic mass is 15.2. The molecule has 3 rings (SSSR count). The molecule has 1 saturated carbocycles. The van der Waals surface area contributed by atoms with Crippen LogP contribution in [0.2, 0.25) is 0 Å². The van der Waals surface area contributed by atoms with Gasteiger partial charge in [0.25, 0.3) is 0 Å². The maximum atomic E-state index is 6.03. The molecule has 1 fully saturated rings. The number of nitrogens with zero attached hydrogens (tertiary/aromatic N) is 1. The van der Waals surface area contributed by atoms with E-state index in [2.05, 4.69) is 23.3 Å². The fourth-order valence-electron chi connectivity index (χ4n) is 2.56. The molecule has 1 spiro atoms. The first-order valence-electron chi connectivity index (χ1n) is 5.54. The summed E-state index contributed by atoms with van der Waals surface area (Å²) in [4.78, 5) is 2.30. The minimum Gasteiger partial charge on any atom is -0.397 e. The van der Waals surface area contributed by atoms with Crippen molar-refractivity contribution < 1.29 is 0 Å². The van der Waals surface area contributed by atoms with Crippen LogP contribution in [-0.2, 0) is 0 Å². The average molecular weight is 203 g/mol. The van der Waals surface area contributed by atoms with Gasteiger partial charge in [-0.2, -0.15) is 0 Å². The van der Waals surface area contributed by atoms with Crippen LogP contribution in [0.25, 0.3) is 0 Å². The molecule has 3 N–H and O–H groups in total. The molecule has 2 aliphatic rings. The summed E-state index contributed by atoms with van der Waals surface area (Å²) >= 11 is 0. The van der Waals surface area contributed by atoms with Crippen LogP contribution in [0.1, 0.15) is 12.8 Å². The van der Waals surface area contributed by atoms with Crippen LogP contribution in [-0.4, -0.2) is 20.1 Å². The quantitative estimate of drug-likeness (QED) is 0.633. The number of fused-ring (bicyclic) bond motifs is 1. The summed E-state index contributed by atoms with van der Waals surface area (Å²) in [6, 6.07) is 6.10. The van der Waals surface area contributed by atoms with Crippen LogP contribution in [0, 0.1) is 5.41 Å². The molecule has 1 aliphatic heterocycles. The smallest absolute Gasteiger partial charge is 0.0833 e. The number of rotatable bonds is 0. The molecule has 15 heavy (non-hydrogen) atoms. The zero-order valence-corrected chi connectivity index (χ0v) is 9.09. The monoisotopic (exact) mass is 203 g/mol. The number of nitrogens with two attached hydrogens (primary N) is 1. The van der Waals surface area contributed by atoms with Gasteiger partial charge in [-0.15, -0.1) is 0 Å². The topological polar surface area (TPSA) is 41.3 Å². The SMILES string of the molecule is CN1CC2(CC2)CNc2cccc(N)c21. The maximum Gasteiger partial charge on any atom is 0.0833 e. The van der Waals surface area contributed by atoms with Crippen molar-refractivity contribution >= 4 is 17.1 Å². The fourth-order valence-corrected chi connectivity index (χ4v) is 2.56. The van der Waals surface area contributed by atoms with E-state index in [1.807, 2.05) is 12.1 Å². The lowest BCUT2D eigenvalue weighted by Crippen LogP contribution is -2.27. The van der Waals surface area contributed by atoms with E-state index in [-0.39, 0.29) is 0 Å². The third kappa shape index (κ3) is 1.34. The lowest BCUT2D eigenvalue weighted by atomic mass is 10.1. The molecule has 0 bridgehead atoms. The Morgan fingerprint density at radius 2 is 2.20 bits per heavy atom. The van der Waals surface area contributed by atoms with Gasteiger partial charge in [-0.1, -0.05) is 6.07 Å². The van der Waals surface area contributed by atoms with Gasteiger partial charge in [-0.05, 0) is 25.0 Å². The zero-order valence-electron chi connectivity index (χ0n) is 9.09. The first-order valence-corrected chi connectivity index (χ1v) is 5.54. The molecule has 0 atom stereocenters. The van der Waals surface area contributed by atoms with Crippen LogP contribution < -0.4 is 16.0 Å². The van der Waals surface area contributed by atoms with Crippen LogP contribution >= 0.6 is 0 Å². The van der Waals surface area contributed by atoms with Crippen molar-refractivity contribution in [1.29, 1.82) is 0 Å². The van der Waals surface area contributed by atoms with Gasteiger partial charge < -0.3 is 16.0 Å². The number of benzene rings is 1. The third-order valence-corrected chi connectivity index (χ3v) is 3.63. The van der Waals surface area contributed by atoms with E-state index in [4.69, 9.17) is 5.73 Å². The van der Waals surface area contributed by atoms with E-state index in [0.29, 0.717) is 5.41 Å². The number of para-hydroxylation sites is 1. The largest absolute Gasteiger partial charge is 0.397 e. The Hall–Kier alpha value is -1.38. The Morgan fingerprint density at radius 3 is 2.93 bits per heavy atom. The van der Waals surface area contributed by atoms with Crippen molar-refractivity contribution in [2.24, 2.45) is 5.41 Å². The van der Waals surface area contributed by atoms with E-state index in [1.165, 1.54) is 24.2 Å². The van der Waals surface area contributed by atoms with Crippen molar-refractivity contribution in [1.82, 2.24) is 0 Å². The Balaban J connectivity index is 2.03. The predicted molar refractivity (Wildman–Crippen MR) is 64.3 cm³/mol. The van der Waals surface area contributed by atoms with Gasteiger partial charge in [0.15, 0.2) is 0 Å². The van der Waals surface area contributed by atoms with Gasteiger partial charge in [-0.3, -0.25) is 0 Å². The minimum absolute atomic E-state index is 0.514. The van der Waals surface area contributed by atoms with Gasteiger partial charge in [-0.25, -0.2) is 0 Å². The normalized spacial score (nSPS) is 21.8. The van der Waals surface area contributed by atoms with Gasteiger partial charge >= 0.3 is 0 Å². The predicted octanol–water partition coefficient (Wildman–Crippen LogP) is 1.91. The Labute approximate surface area is 90.3 Å². The summed E-state index contributed by atoms with van der Waals surface area (Å²) in [5, 5.41) is 3.53. The molecule has 1 aromatic carbocycles. The molecule has 3 nitrogen and oxygen atoms in total. The van der Waals surface area contributed by atoms with Gasteiger partial charge in [0.05, 0.1) is 17.1 Å². The standard InChI is InChI=1S/C12H17N3/c1-15-8-12(5-6-12)7-14-10-4-2-3-9(13)11(10)15/h2-4,14H,5-8,13H2,1H3. The molecule has 0 saturated heterocycles. The molecule has 1 heterocycles. The van der Waals surface area contributed by atoms with E-state index < -0.39 is 0 Å². The fraction of sp³-hybridized carbons (Fsp3) is 0.500. The first kappa shape index (κ1) is 8.89. The van der Waals surface area contributed by atoms with E-state index in [0.717, 1.165) is 18.8 Å². The van der Waals surface area contributed by atoms with Gasteiger partial charge in [0, 0.05) is 25.6 Å². The molecule has 1 aromatic rings. The molecule has 0 amide bonds. The molecule has 1 aliphatic carbocycles. The highest BCUT2D eigenvalue weighted by Gasteiger charge is 2.45. The second-order valence-corrected chi connectivity index (χ2v) is 4.95. The van der Waals surface area contributed by atoms with E-state index >= 15 is 0 Å². The second kappa shape index (κ2) is 2.81. The Kier molecular flexibility index (Phi) is 1.67. The highest BCUT2D eigenvalue weighted by molar-refractivity contribution is 5.82. The number of nitrogen functional groups attached to an aromatic ring is 1. The summed E-state index contributed by atoms with van der Waals surface area (Å²) in [7, 11) is 2.14. The Morgan fingerprint density at radius 1 is 1.40 bits per heavy atom. The first-order chi connectivity index (χ1) is 7.20. The number of anilines is 3. The van der Waals surface area contributed by atoms with Crippen molar-refractivity contribution in [2.75, 3.05) is 36.1 Å². The van der Waals surface area contributed by atoms with Gasteiger partial charge in [0.1, 0.15) is 0 Å². The van der Waals surface area contributed by atoms with Gasteiger partial charge in [0.2, 0.25) is 0 Å². The highest BCUT2D eigenvalue weighted by Crippen LogP contribution is 2.49. The molecule has 0 aromatic heterocycles. The number of nitrogens with one attached hydrogen (secondary N) is 1. The van der Waals surface area contributed by atoms with Crippen LogP contribution in [0.3, 0.4) is 0 Å². The summed E-state index contributed by atoms with van der Waals surface area (Å²) < 4.78 is 0. The molecule has 0 radical (unpaired) electrons. The lowest BCUT2D eigenvalue weighted by molar-refractivity contribution is 0.548. The van der Waals surface area contributed by atoms with Crippen LogP contribution in [0.15, 0.2) is 18.2 Å². The third-order valence-electron chi connectivity index (χ3n) is 3.63. The lowest BCUT2D eigenvalue weighted by Gasteiger charge is -2.23.